The topological polar surface area (TPSA) is 74.6 Å². The second-order valence-electron chi connectivity index (χ2n) is 6.08. The summed E-state index contributed by atoms with van der Waals surface area (Å²) < 4.78 is 89.6. The van der Waals surface area contributed by atoms with E-state index in [1.807, 2.05) is 0 Å². The summed E-state index contributed by atoms with van der Waals surface area (Å²) in [6.45, 7) is 3.60. The molecule has 0 saturated heterocycles. The quantitative estimate of drug-likeness (QED) is 0.713. The van der Waals surface area contributed by atoms with Gasteiger partial charge in [-0.1, -0.05) is 20.8 Å². The van der Waals surface area contributed by atoms with Crippen molar-refractivity contribution in [3.63, 3.8) is 0 Å². The van der Waals surface area contributed by atoms with Crippen LogP contribution in [0.25, 0.3) is 0 Å². The van der Waals surface area contributed by atoms with Crippen molar-refractivity contribution >= 4 is 11.9 Å². The van der Waals surface area contributed by atoms with E-state index in [2.05, 4.69) is 0 Å². The van der Waals surface area contributed by atoms with Crippen molar-refractivity contribution in [2.24, 2.45) is 17.3 Å². The fourth-order valence-corrected chi connectivity index (χ4v) is 1.87. The highest BCUT2D eigenvalue weighted by Gasteiger charge is 2.76. The highest BCUT2D eigenvalue weighted by Crippen LogP contribution is 2.52. The van der Waals surface area contributed by atoms with Gasteiger partial charge in [0.25, 0.3) is 0 Å². The van der Waals surface area contributed by atoms with Crippen LogP contribution >= 0.6 is 0 Å². The van der Waals surface area contributed by atoms with Crippen LogP contribution in [0.15, 0.2) is 0 Å². The van der Waals surface area contributed by atoms with E-state index in [1.54, 1.807) is 0 Å². The van der Waals surface area contributed by atoms with Crippen LogP contribution in [0.1, 0.15) is 27.2 Å². The van der Waals surface area contributed by atoms with E-state index in [9.17, 15) is 40.3 Å². The Labute approximate surface area is 126 Å². The number of carboxylic acids is 2. The molecule has 0 saturated carbocycles. The molecule has 2 atom stereocenters. The molecule has 0 fully saturated rings. The molecule has 0 radical (unpaired) electrons. The van der Waals surface area contributed by atoms with Gasteiger partial charge >= 0.3 is 30.0 Å². The highest BCUT2D eigenvalue weighted by atomic mass is 19.4. The van der Waals surface area contributed by atoms with Crippen LogP contribution < -0.4 is 0 Å². The molecule has 0 aromatic carbocycles. The molecular weight excluding hydrogens is 341 g/mol. The lowest BCUT2D eigenvalue weighted by molar-refractivity contribution is -0.364. The third kappa shape index (κ3) is 4.25. The monoisotopic (exact) mass is 356 g/mol. The van der Waals surface area contributed by atoms with Gasteiger partial charge in [-0.15, -0.1) is 0 Å². The maximum atomic E-state index is 13.6. The zero-order valence-corrected chi connectivity index (χ0v) is 12.2. The lowest BCUT2D eigenvalue weighted by Crippen LogP contribution is -2.58. The third-order valence-electron chi connectivity index (χ3n) is 3.33. The number of halogens is 7. The number of rotatable bonds is 6. The molecule has 0 aliphatic carbocycles. The van der Waals surface area contributed by atoms with Gasteiger partial charge in [0, 0.05) is 0 Å². The zero-order chi connectivity index (χ0) is 19.0. The first kappa shape index (κ1) is 21.4. The minimum Gasteiger partial charge on any atom is -0.481 e. The van der Waals surface area contributed by atoms with Crippen molar-refractivity contribution in [1.82, 2.24) is 0 Å². The van der Waals surface area contributed by atoms with Gasteiger partial charge < -0.3 is 10.2 Å². The Morgan fingerprint density at radius 2 is 1.17 bits per heavy atom. The van der Waals surface area contributed by atoms with E-state index in [4.69, 9.17) is 10.2 Å². The first-order valence-electron chi connectivity index (χ1n) is 6.15. The van der Waals surface area contributed by atoms with Crippen molar-refractivity contribution in [2.75, 3.05) is 0 Å². The smallest absolute Gasteiger partial charge is 0.459 e. The summed E-state index contributed by atoms with van der Waals surface area (Å²) in [5.41, 5.74) is -1.34. The number of carbonyl (C=O) groups is 2. The molecule has 4 nitrogen and oxygen atoms in total. The zero-order valence-electron chi connectivity index (χ0n) is 12.2. The number of hydrogen-bond donors (Lipinski definition) is 2. The molecule has 11 heteroatoms. The van der Waals surface area contributed by atoms with Gasteiger partial charge in [0.05, 0.1) is 5.92 Å². The minimum atomic E-state index is -6.69. The standard InChI is InChI=1S/C12H15F7O4/c1-9(2,3)5(7(20)21)4-6(8(22)23)10(13,14)11(15,16)12(17,18)19/h5-6H,4H2,1-3H3,(H,20,21)(H,22,23). The largest absolute Gasteiger partial charge is 0.481 e. The molecule has 0 aliphatic heterocycles. The maximum Gasteiger partial charge on any atom is 0.459 e. The Bertz CT molecular complexity index is 465. The molecule has 0 aliphatic rings. The summed E-state index contributed by atoms with van der Waals surface area (Å²) in [6, 6.07) is 0. The average Bonchev–Trinajstić information content (AvgIpc) is 2.23. The minimum absolute atomic E-state index is 1.20. The van der Waals surface area contributed by atoms with E-state index in [-0.39, 0.29) is 0 Å². The first-order valence-corrected chi connectivity index (χ1v) is 6.15. The molecule has 0 heterocycles. The average molecular weight is 356 g/mol. The van der Waals surface area contributed by atoms with Crippen LogP contribution in [-0.4, -0.2) is 40.2 Å². The summed E-state index contributed by atoms with van der Waals surface area (Å²) in [4.78, 5) is 21.9. The summed E-state index contributed by atoms with van der Waals surface area (Å²) in [5.74, 6) is -22.5. The SMILES string of the molecule is CC(C)(C)C(CC(C(=O)O)C(F)(F)C(F)(F)C(F)(F)F)C(=O)O. The Hall–Kier alpha value is -1.55. The molecule has 0 bridgehead atoms. The predicted octanol–water partition coefficient (Wildman–Crippen LogP) is 3.66. The second kappa shape index (κ2) is 6.16. The van der Waals surface area contributed by atoms with Crippen molar-refractivity contribution in [1.29, 1.82) is 0 Å². The number of alkyl halides is 7. The number of carboxylic acid groups (broad SMARTS) is 2. The van der Waals surface area contributed by atoms with E-state index < -0.39 is 53.6 Å². The predicted molar refractivity (Wildman–Crippen MR) is 62.3 cm³/mol. The molecule has 0 aromatic heterocycles. The summed E-state index contributed by atoms with van der Waals surface area (Å²) in [5, 5.41) is 17.6. The summed E-state index contributed by atoms with van der Waals surface area (Å²) in [7, 11) is 0. The van der Waals surface area contributed by atoms with Gasteiger partial charge in [0.15, 0.2) is 0 Å². The first-order chi connectivity index (χ1) is 9.87. The van der Waals surface area contributed by atoms with Crippen LogP contribution in [0.2, 0.25) is 0 Å². The van der Waals surface area contributed by atoms with Gasteiger partial charge in [-0.2, -0.15) is 30.7 Å². The van der Waals surface area contributed by atoms with Crippen LogP contribution in [0, 0.1) is 17.3 Å². The lowest BCUT2D eigenvalue weighted by atomic mass is 9.74. The van der Waals surface area contributed by atoms with Crippen LogP contribution in [0.4, 0.5) is 30.7 Å². The number of aliphatic carboxylic acids is 2. The van der Waals surface area contributed by atoms with Gasteiger partial charge in [0.1, 0.15) is 5.92 Å². The van der Waals surface area contributed by atoms with Crippen molar-refractivity contribution in [3.05, 3.63) is 0 Å². The Kier molecular flexibility index (Phi) is 5.74. The second-order valence-corrected chi connectivity index (χ2v) is 6.08. The van der Waals surface area contributed by atoms with Gasteiger partial charge in [0.2, 0.25) is 0 Å². The van der Waals surface area contributed by atoms with Crippen LogP contribution in [-0.2, 0) is 9.59 Å². The molecule has 136 valence electrons. The van der Waals surface area contributed by atoms with Gasteiger partial charge in [-0.05, 0) is 11.8 Å². The normalized spacial score (nSPS) is 16.8. The third-order valence-corrected chi connectivity index (χ3v) is 3.33. The lowest BCUT2D eigenvalue weighted by Gasteiger charge is -2.35. The summed E-state index contributed by atoms with van der Waals surface area (Å²) >= 11 is 0. The van der Waals surface area contributed by atoms with Crippen LogP contribution in [0.3, 0.4) is 0 Å². The maximum absolute atomic E-state index is 13.6. The summed E-state index contributed by atoms with van der Waals surface area (Å²) in [6.07, 6.45) is -8.28. The van der Waals surface area contributed by atoms with E-state index >= 15 is 0 Å². The molecule has 2 unspecified atom stereocenters. The fraction of sp³-hybridized carbons (Fsp3) is 0.833. The van der Waals surface area contributed by atoms with Gasteiger partial charge in [-0.25, -0.2) is 0 Å². The Morgan fingerprint density at radius 3 is 1.39 bits per heavy atom. The molecular formula is C12H15F7O4. The van der Waals surface area contributed by atoms with Gasteiger partial charge in [-0.3, -0.25) is 9.59 Å². The molecule has 0 rings (SSSR count). The molecule has 2 N–H and O–H groups in total. The van der Waals surface area contributed by atoms with Crippen molar-refractivity contribution in [3.8, 4) is 0 Å². The fourth-order valence-electron chi connectivity index (χ4n) is 1.87. The Balaban J connectivity index is 5.92. The molecule has 0 spiro atoms. The molecule has 23 heavy (non-hydrogen) atoms. The van der Waals surface area contributed by atoms with Crippen molar-refractivity contribution in [2.45, 2.75) is 45.2 Å². The molecule has 0 amide bonds. The molecule has 0 aromatic rings. The van der Waals surface area contributed by atoms with Crippen LogP contribution in [0.5, 0.6) is 0 Å². The van der Waals surface area contributed by atoms with E-state index in [0.717, 1.165) is 0 Å². The van der Waals surface area contributed by atoms with E-state index in [0.29, 0.717) is 0 Å². The Morgan fingerprint density at radius 1 is 0.826 bits per heavy atom. The van der Waals surface area contributed by atoms with Crippen molar-refractivity contribution < 1.29 is 50.5 Å². The number of hydrogen-bond acceptors (Lipinski definition) is 2. The van der Waals surface area contributed by atoms with E-state index in [1.165, 1.54) is 20.8 Å². The highest BCUT2D eigenvalue weighted by molar-refractivity contribution is 5.75.